The molecule has 1 aromatic carbocycles. The van der Waals surface area contributed by atoms with Gasteiger partial charge in [0.15, 0.2) is 0 Å². The highest BCUT2D eigenvalue weighted by Gasteiger charge is 2.20. The van der Waals surface area contributed by atoms with Crippen molar-refractivity contribution in [3.63, 3.8) is 0 Å². The van der Waals surface area contributed by atoms with E-state index in [1.807, 2.05) is 29.1 Å². The average Bonchev–Trinajstić information content (AvgIpc) is 3.09. The first-order chi connectivity index (χ1) is 8.88. The Hall–Kier alpha value is -1.88. The standard InChI is InChI=1S/C13H16N4O/c1-18-12-4-2-3-10(7-12)13-9-15-16-17(13)11-5-6-14-8-11/h2-4,7,9,11,14H,5-6,8H2,1H3. The van der Waals surface area contributed by atoms with Crippen LogP contribution in [-0.2, 0) is 0 Å². The van der Waals surface area contributed by atoms with E-state index in [0.717, 1.165) is 36.5 Å². The minimum Gasteiger partial charge on any atom is -0.497 e. The normalized spacial score (nSPS) is 19.1. The van der Waals surface area contributed by atoms with Crippen LogP contribution in [0.25, 0.3) is 11.3 Å². The molecule has 1 fully saturated rings. The van der Waals surface area contributed by atoms with Crippen molar-refractivity contribution in [2.75, 3.05) is 20.2 Å². The van der Waals surface area contributed by atoms with Gasteiger partial charge in [0.05, 0.1) is 25.0 Å². The molecule has 18 heavy (non-hydrogen) atoms. The van der Waals surface area contributed by atoms with Crippen LogP contribution >= 0.6 is 0 Å². The fourth-order valence-corrected chi connectivity index (χ4v) is 2.35. The molecule has 1 saturated heterocycles. The quantitative estimate of drug-likeness (QED) is 0.888. The summed E-state index contributed by atoms with van der Waals surface area (Å²) < 4.78 is 7.26. The molecule has 2 heterocycles. The number of hydrogen-bond donors (Lipinski definition) is 1. The van der Waals surface area contributed by atoms with E-state index in [2.05, 4.69) is 21.7 Å². The monoisotopic (exact) mass is 244 g/mol. The van der Waals surface area contributed by atoms with Gasteiger partial charge in [0.1, 0.15) is 5.75 Å². The maximum Gasteiger partial charge on any atom is 0.119 e. The van der Waals surface area contributed by atoms with Gasteiger partial charge in [0.2, 0.25) is 0 Å². The Bertz CT molecular complexity index is 531. The lowest BCUT2D eigenvalue weighted by Gasteiger charge is -2.12. The molecule has 0 bridgehead atoms. The number of nitrogens with one attached hydrogen (secondary N) is 1. The Morgan fingerprint density at radius 2 is 2.39 bits per heavy atom. The van der Waals surface area contributed by atoms with Gasteiger partial charge in [-0.15, -0.1) is 5.10 Å². The third-order valence-electron chi connectivity index (χ3n) is 3.32. The maximum atomic E-state index is 5.26. The molecular weight excluding hydrogens is 228 g/mol. The molecule has 1 aliphatic rings. The summed E-state index contributed by atoms with van der Waals surface area (Å²) >= 11 is 0. The SMILES string of the molecule is COc1cccc(-c2cnnn2C2CCNC2)c1. The van der Waals surface area contributed by atoms with Crippen molar-refractivity contribution in [1.29, 1.82) is 0 Å². The fraction of sp³-hybridized carbons (Fsp3) is 0.385. The van der Waals surface area contributed by atoms with Crippen molar-refractivity contribution in [2.24, 2.45) is 0 Å². The second-order valence-corrected chi connectivity index (χ2v) is 4.44. The van der Waals surface area contributed by atoms with E-state index < -0.39 is 0 Å². The smallest absolute Gasteiger partial charge is 0.119 e. The van der Waals surface area contributed by atoms with E-state index in [1.165, 1.54) is 0 Å². The van der Waals surface area contributed by atoms with Crippen LogP contribution in [-0.4, -0.2) is 35.2 Å². The molecule has 1 unspecified atom stereocenters. The summed E-state index contributed by atoms with van der Waals surface area (Å²) in [5, 5.41) is 11.6. The zero-order valence-corrected chi connectivity index (χ0v) is 10.3. The van der Waals surface area contributed by atoms with Crippen molar-refractivity contribution in [3.05, 3.63) is 30.5 Å². The van der Waals surface area contributed by atoms with Crippen molar-refractivity contribution < 1.29 is 4.74 Å². The molecule has 0 aliphatic carbocycles. The topological polar surface area (TPSA) is 52.0 Å². The van der Waals surface area contributed by atoms with E-state index in [-0.39, 0.29) is 0 Å². The summed E-state index contributed by atoms with van der Waals surface area (Å²) in [4.78, 5) is 0. The highest BCUT2D eigenvalue weighted by Crippen LogP contribution is 2.26. The maximum absolute atomic E-state index is 5.26. The van der Waals surface area contributed by atoms with Crippen LogP contribution in [0, 0.1) is 0 Å². The summed E-state index contributed by atoms with van der Waals surface area (Å²) in [6, 6.07) is 8.39. The third-order valence-corrected chi connectivity index (χ3v) is 3.32. The molecule has 0 saturated carbocycles. The molecule has 5 heteroatoms. The summed E-state index contributed by atoms with van der Waals surface area (Å²) in [5.74, 6) is 0.852. The van der Waals surface area contributed by atoms with Crippen molar-refractivity contribution >= 4 is 0 Å². The molecule has 1 aromatic heterocycles. The van der Waals surface area contributed by atoms with Gasteiger partial charge in [0, 0.05) is 12.1 Å². The van der Waals surface area contributed by atoms with Crippen LogP contribution < -0.4 is 10.1 Å². The van der Waals surface area contributed by atoms with Crippen LogP contribution in [0.15, 0.2) is 30.5 Å². The predicted molar refractivity (Wildman–Crippen MR) is 68.5 cm³/mol. The number of aromatic nitrogens is 3. The van der Waals surface area contributed by atoms with E-state index >= 15 is 0 Å². The van der Waals surface area contributed by atoms with Gasteiger partial charge in [-0.2, -0.15) is 0 Å². The Balaban J connectivity index is 1.98. The summed E-state index contributed by atoms with van der Waals surface area (Å²) in [6.07, 6.45) is 2.91. The van der Waals surface area contributed by atoms with Gasteiger partial charge >= 0.3 is 0 Å². The Morgan fingerprint density at radius 3 is 3.17 bits per heavy atom. The number of benzene rings is 1. The summed E-state index contributed by atoms with van der Waals surface area (Å²) in [6.45, 7) is 2.00. The highest BCUT2D eigenvalue weighted by atomic mass is 16.5. The van der Waals surface area contributed by atoms with Crippen LogP contribution in [0.1, 0.15) is 12.5 Å². The fourth-order valence-electron chi connectivity index (χ4n) is 2.35. The van der Waals surface area contributed by atoms with E-state index in [9.17, 15) is 0 Å². The van der Waals surface area contributed by atoms with Gasteiger partial charge < -0.3 is 10.1 Å². The van der Waals surface area contributed by atoms with Crippen LogP contribution in [0.5, 0.6) is 5.75 Å². The molecule has 1 N–H and O–H groups in total. The lowest BCUT2D eigenvalue weighted by Crippen LogP contribution is -2.15. The van der Waals surface area contributed by atoms with Gasteiger partial charge in [-0.3, -0.25) is 0 Å². The van der Waals surface area contributed by atoms with Crippen molar-refractivity contribution in [2.45, 2.75) is 12.5 Å². The average molecular weight is 244 g/mol. The van der Waals surface area contributed by atoms with Gasteiger partial charge in [0.25, 0.3) is 0 Å². The minimum absolute atomic E-state index is 0.397. The summed E-state index contributed by atoms with van der Waals surface area (Å²) in [5.41, 5.74) is 2.13. The molecule has 0 spiro atoms. The minimum atomic E-state index is 0.397. The van der Waals surface area contributed by atoms with Gasteiger partial charge in [-0.1, -0.05) is 17.3 Å². The molecule has 0 amide bonds. The Morgan fingerprint density at radius 1 is 1.44 bits per heavy atom. The van der Waals surface area contributed by atoms with E-state index in [0.29, 0.717) is 6.04 Å². The number of nitrogens with zero attached hydrogens (tertiary/aromatic N) is 3. The third kappa shape index (κ3) is 1.97. The summed E-state index contributed by atoms with van der Waals surface area (Å²) in [7, 11) is 1.68. The molecule has 3 rings (SSSR count). The molecule has 1 aliphatic heterocycles. The van der Waals surface area contributed by atoms with Crippen LogP contribution in [0.2, 0.25) is 0 Å². The van der Waals surface area contributed by atoms with Crippen molar-refractivity contribution in [3.8, 4) is 17.0 Å². The zero-order valence-electron chi connectivity index (χ0n) is 10.3. The zero-order chi connectivity index (χ0) is 12.4. The Kier molecular flexibility index (Phi) is 2.98. The van der Waals surface area contributed by atoms with Crippen LogP contribution in [0.3, 0.4) is 0 Å². The molecule has 1 atom stereocenters. The number of rotatable bonds is 3. The predicted octanol–water partition coefficient (Wildman–Crippen LogP) is 1.49. The largest absolute Gasteiger partial charge is 0.497 e. The molecule has 5 nitrogen and oxygen atoms in total. The molecule has 0 radical (unpaired) electrons. The van der Waals surface area contributed by atoms with Crippen molar-refractivity contribution in [1.82, 2.24) is 20.3 Å². The molecular formula is C13H16N4O. The first-order valence-electron chi connectivity index (χ1n) is 6.14. The number of hydrogen-bond acceptors (Lipinski definition) is 4. The van der Waals surface area contributed by atoms with Gasteiger partial charge in [-0.05, 0) is 25.1 Å². The lowest BCUT2D eigenvalue weighted by molar-refractivity contribution is 0.415. The van der Waals surface area contributed by atoms with E-state index in [4.69, 9.17) is 4.74 Å². The second-order valence-electron chi connectivity index (χ2n) is 4.44. The van der Waals surface area contributed by atoms with E-state index in [1.54, 1.807) is 7.11 Å². The van der Waals surface area contributed by atoms with Gasteiger partial charge in [-0.25, -0.2) is 4.68 Å². The lowest BCUT2D eigenvalue weighted by atomic mass is 10.1. The number of ether oxygens (including phenoxy) is 1. The van der Waals surface area contributed by atoms with Crippen LogP contribution in [0.4, 0.5) is 0 Å². The molecule has 2 aromatic rings. The Labute approximate surface area is 106 Å². The molecule has 94 valence electrons. The first kappa shape index (κ1) is 11.2. The second kappa shape index (κ2) is 4.78. The highest BCUT2D eigenvalue weighted by molar-refractivity contribution is 5.60. The first-order valence-corrected chi connectivity index (χ1v) is 6.14. The number of methoxy groups -OCH3 is 1.